The molecule has 0 bridgehead atoms. The van der Waals surface area contributed by atoms with Gasteiger partial charge in [-0.1, -0.05) is 19.4 Å². The number of esters is 1. The third-order valence-electron chi connectivity index (χ3n) is 6.06. The Bertz CT molecular complexity index is 706. The van der Waals surface area contributed by atoms with Crippen molar-refractivity contribution in [3.63, 3.8) is 0 Å². The molecule has 3 rings (SSSR count). The zero-order valence-electron chi connectivity index (χ0n) is 18.1. The van der Waals surface area contributed by atoms with Gasteiger partial charge in [0.2, 0.25) is 6.29 Å². The Morgan fingerprint density at radius 2 is 1.84 bits per heavy atom. The van der Waals surface area contributed by atoms with Gasteiger partial charge in [0.1, 0.15) is 24.4 Å². The second-order valence-corrected chi connectivity index (χ2v) is 8.04. The number of unbranched alkanes of at least 4 members (excludes halogenated alkanes) is 1. The lowest BCUT2D eigenvalue weighted by Gasteiger charge is -2.43. The highest BCUT2D eigenvalue weighted by atomic mass is 16.8. The van der Waals surface area contributed by atoms with Crippen molar-refractivity contribution < 1.29 is 54.0 Å². The summed E-state index contributed by atoms with van der Waals surface area (Å²) in [4.78, 5) is 12.4. The summed E-state index contributed by atoms with van der Waals surface area (Å²) in [6, 6.07) is 0. The molecule has 0 aromatic carbocycles. The number of ether oxygens (including phenoxy) is 5. The first kappa shape index (κ1) is 25.1. The molecule has 182 valence electrons. The van der Waals surface area contributed by atoms with Gasteiger partial charge in [0.25, 0.3) is 0 Å². The van der Waals surface area contributed by atoms with Crippen molar-refractivity contribution in [2.24, 2.45) is 11.8 Å². The predicted molar refractivity (Wildman–Crippen MR) is 107 cm³/mol. The minimum atomic E-state index is -1.62. The molecule has 0 aromatic rings. The van der Waals surface area contributed by atoms with Crippen LogP contribution in [0, 0.1) is 11.8 Å². The topological polar surface area (TPSA) is 164 Å². The lowest BCUT2D eigenvalue weighted by atomic mass is 9.82. The zero-order chi connectivity index (χ0) is 23.4. The molecule has 1 aliphatic carbocycles. The van der Waals surface area contributed by atoms with E-state index in [2.05, 4.69) is 0 Å². The van der Waals surface area contributed by atoms with Crippen molar-refractivity contribution in [1.29, 1.82) is 0 Å². The van der Waals surface area contributed by atoms with Gasteiger partial charge in [0.15, 0.2) is 6.29 Å². The quantitative estimate of drug-likeness (QED) is 0.156. The molecule has 2 aliphatic heterocycles. The van der Waals surface area contributed by atoms with Crippen molar-refractivity contribution in [2.75, 3.05) is 26.9 Å². The number of aliphatic hydroxyl groups excluding tert-OH is 5. The summed E-state index contributed by atoms with van der Waals surface area (Å²) >= 11 is 0. The third-order valence-corrected chi connectivity index (χ3v) is 6.06. The lowest BCUT2D eigenvalue weighted by molar-refractivity contribution is -0.340. The van der Waals surface area contributed by atoms with Crippen LogP contribution in [0.3, 0.4) is 0 Å². The van der Waals surface area contributed by atoms with Crippen LogP contribution in [0.15, 0.2) is 23.5 Å². The van der Waals surface area contributed by atoms with Crippen molar-refractivity contribution in [3.05, 3.63) is 23.5 Å². The summed E-state index contributed by atoms with van der Waals surface area (Å²) in [5.41, 5.74) is 0.730. The highest BCUT2D eigenvalue weighted by Gasteiger charge is 2.52. The Hall–Kier alpha value is -1.57. The molecule has 9 atom stereocenters. The van der Waals surface area contributed by atoms with Crippen molar-refractivity contribution in [2.45, 2.75) is 62.9 Å². The Labute approximate surface area is 185 Å². The second kappa shape index (κ2) is 11.0. The van der Waals surface area contributed by atoms with Gasteiger partial charge < -0.3 is 49.2 Å². The fraction of sp³-hybridized carbons (Fsp3) is 0.762. The van der Waals surface area contributed by atoms with Crippen LogP contribution in [-0.4, -0.2) is 102 Å². The predicted octanol–water partition coefficient (Wildman–Crippen LogP) is -1.43. The van der Waals surface area contributed by atoms with E-state index >= 15 is 0 Å². The first-order valence-electron chi connectivity index (χ1n) is 10.7. The monoisotopic (exact) mass is 460 g/mol. The minimum Gasteiger partial charge on any atom is -0.471 e. The van der Waals surface area contributed by atoms with Gasteiger partial charge >= 0.3 is 5.97 Å². The standard InChI is InChI=1S/C21H32O11/c1-3-4-5-29-12-6-10(7-22)14-15(12)11(19(27)28-2)9-30-20(14)32-21-18(26)17(25)16(24)13(8-23)31-21/h6,9,12-18,20-26H,3-5,7-8H2,1-2H3/t12-,13+,14+,15-,16+,17-,18+,20-,21-/m0/s1. The maximum Gasteiger partial charge on any atom is 0.337 e. The number of hydrogen-bond acceptors (Lipinski definition) is 11. The summed E-state index contributed by atoms with van der Waals surface area (Å²) < 4.78 is 27.7. The molecule has 3 aliphatic rings. The van der Waals surface area contributed by atoms with Crippen LogP contribution in [0.5, 0.6) is 0 Å². The molecule has 0 spiro atoms. The maximum absolute atomic E-state index is 12.4. The largest absolute Gasteiger partial charge is 0.471 e. The van der Waals surface area contributed by atoms with Crippen LogP contribution in [0.4, 0.5) is 0 Å². The van der Waals surface area contributed by atoms with Crippen LogP contribution in [0.2, 0.25) is 0 Å². The molecule has 5 N–H and O–H groups in total. The van der Waals surface area contributed by atoms with E-state index < -0.39 is 67.5 Å². The summed E-state index contributed by atoms with van der Waals surface area (Å²) in [5, 5.41) is 49.7. The van der Waals surface area contributed by atoms with E-state index in [1.54, 1.807) is 6.08 Å². The van der Waals surface area contributed by atoms with Crippen LogP contribution in [-0.2, 0) is 28.5 Å². The molecule has 32 heavy (non-hydrogen) atoms. The molecule has 0 radical (unpaired) electrons. The lowest BCUT2D eigenvalue weighted by Crippen LogP contribution is -2.60. The number of carbonyl (C=O) groups is 1. The highest BCUT2D eigenvalue weighted by molar-refractivity contribution is 5.89. The van der Waals surface area contributed by atoms with Gasteiger partial charge in [0, 0.05) is 12.5 Å². The van der Waals surface area contributed by atoms with Gasteiger partial charge in [-0.2, -0.15) is 0 Å². The number of rotatable bonds is 9. The molecule has 11 heteroatoms. The molecule has 1 saturated heterocycles. The zero-order valence-corrected chi connectivity index (χ0v) is 18.1. The second-order valence-electron chi connectivity index (χ2n) is 8.04. The number of hydrogen-bond donors (Lipinski definition) is 5. The summed E-state index contributed by atoms with van der Waals surface area (Å²) in [6.45, 7) is 1.52. The van der Waals surface area contributed by atoms with E-state index in [0.29, 0.717) is 12.2 Å². The average Bonchev–Trinajstić information content (AvgIpc) is 3.18. The van der Waals surface area contributed by atoms with Gasteiger partial charge in [-0.25, -0.2) is 4.79 Å². The number of methoxy groups -OCH3 is 1. The molecular weight excluding hydrogens is 428 g/mol. The van der Waals surface area contributed by atoms with E-state index in [4.69, 9.17) is 23.7 Å². The Morgan fingerprint density at radius 1 is 1.09 bits per heavy atom. The first-order valence-corrected chi connectivity index (χ1v) is 10.7. The van der Waals surface area contributed by atoms with Gasteiger partial charge in [-0.15, -0.1) is 0 Å². The van der Waals surface area contributed by atoms with Gasteiger partial charge in [-0.05, 0) is 12.0 Å². The molecule has 0 saturated carbocycles. The Morgan fingerprint density at radius 3 is 2.47 bits per heavy atom. The van der Waals surface area contributed by atoms with Crippen LogP contribution in [0.25, 0.3) is 0 Å². The van der Waals surface area contributed by atoms with Crippen molar-refractivity contribution >= 4 is 5.97 Å². The summed E-state index contributed by atoms with van der Waals surface area (Å²) in [7, 11) is 1.25. The molecule has 11 nitrogen and oxygen atoms in total. The molecule has 2 heterocycles. The SMILES string of the molecule is CCCCO[C@H]1C=C(CO)[C@H]2[C@H](O[C@@H]3O[C@H](CO)[C@@H](O)[C@H](O)[C@H]3O)OC=C(C(=O)OC)[C@H]21. The van der Waals surface area contributed by atoms with Crippen molar-refractivity contribution in [1.82, 2.24) is 0 Å². The van der Waals surface area contributed by atoms with E-state index in [1.165, 1.54) is 13.4 Å². The minimum absolute atomic E-state index is 0.215. The number of aliphatic hydroxyl groups is 5. The fourth-order valence-corrected chi connectivity index (χ4v) is 4.28. The van der Waals surface area contributed by atoms with Crippen LogP contribution >= 0.6 is 0 Å². The van der Waals surface area contributed by atoms with E-state index in [9.17, 15) is 30.3 Å². The maximum atomic E-state index is 12.4. The molecule has 0 unspecified atom stereocenters. The normalized spacial score (nSPS) is 39.0. The molecule has 1 fully saturated rings. The first-order chi connectivity index (χ1) is 15.4. The summed E-state index contributed by atoms with van der Waals surface area (Å²) in [6.07, 6.45) is -4.37. The van der Waals surface area contributed by atoms with E-state index in [1.807, 2.05) is 6.92 Å². The van der Waals surface area contributed by atoms with E-state index in [0.717, 1.165) is 12.8 Å². The molecule has 0 aromatic heterocycles. The third kappa shape index (κ3) is 4.85. The Kier molecular flexibility index (Phi) is 8.64. The average molecular weight is 460 g/mol. The number of carbonyl (C=O) groups excluding carboxylic acids is 1. The summed E-state index contributed by atoms with van der Waals surface area (Å²) in [5.74, 6) is -1.86. The molecule has 0 amide bonds. The number of fused-ring (bicyclic) bond motifs is 1. The molecular formula is C21H32O11. The van der Waals surface area contributed by atoms with Gasteiger partial charge in [0.05, 0.1) is 44.2 Å². The van der Waals surface area contributed by atoms with Crippen LogP contribution < -0.4 is 0 Å². The fourth-order valence-electron chi connectivity index (χ4n) is 4.28. The Balaban J connectivity index is 1.85. The van der Waals surface area contributed by atoms with Crippen molar-refractivity contribution in [3.8, 4) is 0 Å². The smallest absolute Gasteiger partial charge is 0.337 e. The highest BCUT2D eigenvalue weighted by Crippen LogP contribution is 2.45. The van der Waals surface area contributed by atoms with E-state index in [-0.39, 0.29) is 12.2 Å². The van der Waals surface area contributed by atoms with Gasteiger partial charge in [-0.3, -0.25) is 0 Å². The van der Waals surface area contributed by atoms with Crippen LogP contribution in [0.1, 0.15) is 19.8 Å².